The number of esters is 2. The maximum absolute atomic E-state index is 14.2. The van der Waals surface area contributed by atoms with Gasteiger partial charge in [0.1, 0.15) is 12.7 Å². The molecule has 53 heavy (non-hydrogen) atoms. The molecule has 12 heteroatoms. The molecular weight excluding hydrogens is 693 g/mol. The molecule has 1 aliphatic heterocycles. The Morgan fingerprint density at radius 1 is 0.792 bits per heavy atom. The summed E-state index contributed by atoms with van der Waals surface area (Å²) in [5, 5.41) is 1.68. The molecule has 11 nitrogen and oxygen atoms in total. The van der Waals surface area contributed by atoms with Gasteiger partial charge in [-0.3, -0.25) is 23.9 Å². The maximum Gasteiger partial charge on any atom is 0.330 e. The Morgan fingerprint density at radius 3 is 2.02 bits per heavy atom. The lowest BCUT2D eigenvalue weighted by Gasteiger charge is -2.42. The van der Waals surface area contributed by atoms with Crippen LogP contribution in [0.2, 0.25) is 0 Å². The van der Waals surface area contributed by atoms with Crippen molar-refractivity contribution in [2.45, 2.75) is 70.0 Å². The molecule has 0 saturated carbocycles. The van der Waals surface area contributed by atoms with Gasteiger partial charge in [0.2, 0.25) is 0 Å². The zero-order valence-electron chi connectivity index (χ0n) is 30.4. The predicted molar refractivity (Wildman–Crippen MR) is 201 cm³/mol. The summed E-state index contributed by atoms with van der Waals surface area (Å²) in [5.41, 5.74) is -2.95. The summed E-state index contributed by atoms with van der Waals surface area (Å²) in [6.45, 7) is 7.64. The molecule has 1 aliphatic rings. The van der Waals surface area contributed by atoms with Crippen LogP contribution in [0.3, 0.4) is 0 Å². The van der Waals surface area contributed by atoms with Gasteiger partial charge in [0.05, 0.1) is 18.8 Å². The Bertz CT molecular complexity index is 2140. The fraction of sp³-hybridized carbons (Fsp3) is 0.317. The van der Waals surface area contributed by atoms with Crippen LogP contribution in [0.25, 0.3) is 10.8 Å². The topological polar surface area (TPSA) is 135 Å². The number of rotatable bonds is 12. The Kier molecular flexibility index (Phi) is 11.0. The molecular formula is C41H43N2O9Si. The first-order valence-electron chi connectivity index (χ1n) is 17.4. The van der Waals surface area contributed by atoms with Gasteiger partial charge in [-0.05, 0) is 37.1 Å². The van der Waals surface area contributed by atoms with Crippen molar-refractivity contribution in [3.8, 4) is 0 Å². The first-order valence-corrected chi connectivity index (χ1v) is 18.9. The highest BCUT2D eigenvalue weighted by atomic mass is 28.3. The normalized spacial score (nSPS) is 21.5. The minimum atomic E-state index is -2.46. The van der Waals surface area contributed by atoms with Crippen molar-refractivity contribution in [3.63, 3.8) is 0 Å². The Balaban J connectivity index is 1.68. The van der Waals surface area contributed by atoms with Crippen LogP contribution < -0.4 is 21.6 Å². The lowest BCUT2D eigenvalue weighted by atomic mass is 9.95. The second-order valence-corrected chi connectivity index (χ2v) is 16.7. The number of H-pyrrole nitrogens is 1. The molecule has 1 fully saturated rings. The van der Waals surface area contributed by atoms with Crippen molar-refractivity contribution in [1.29, 1.82) is 0 Å². The van der Waals surface area contributed by atoms with E-state index in [1.54, 1.807) is 0 Å². The zero-order chi connectivity index (χ0) is 37.8. The third-order valence-electron chi connectivity index (χ3n) is 9.06. The number of fused-ring (bicyclic) bond motifs is 1. The van der Waals surface area contributed by atoms with E-state index in [-0.39, 0.29) is 19.8 Å². The molecule has 0 unspecified atom stereocenters. The lowest BCUT2D eigenvalue weighted by molar-refractivity contribution is -0.208. The van der Waals surface area contributed by atoms with Crippen molar-refractivity contribution in [2.24, 2.45) is 0 Å². The molecule has 5 aromatic rings. The predicted octanol–water partition coefficient (Wildman–Crippen LogP) is 3.86. The molecule has 4 aromatic carbocycles. The molecule has 2 heterocycles. The third-order valence-corrected chi connectivity index (χ3v) is 12.2. The highest BCUT2D eigenvalue weighted by Crippen LogP contribution is 2.47. The van der Waals surface area contributed by atoms with Gasteiger partial charge in [-0.15, -0.1) is 0 Å². The molecule has 1 saturated heterocycles. The average molecular weight is 736 g/mol. The van der Waals surface area contributed by atoms with Gasteiger partial charge in [0.15, 0.2) is 25.9 Å². The number of ether oxygens (including phenoxy) is 5. The molecule has 275 valence electrons. The number of nitrogens with one attached hydrogen (secondary N) is 1. The number of hydrogen-bond acceptors (Lipinski definition) is 9. The molecule has 4 atom stereocenters. The number of benzene rings is 4. The quantitative estimate of drug-likeness (QED) is 0.150. The Labute approximate surface area is 309 Å². The minimum Gasteiger partial charge on any atom is -0.463 e. The van der Waals surface area contributed by atoms with Crippen LogP contribution in [0, 0.1) is 0 Å². The number of nitrogens with zero attached hydrogens (tertiary/aromatic N) is 1. The molecule has 0 bridgehead atoms. The van der Waals surface area contributed by atoms with Gasteiger partial charge in [-0.25, -0.2) is 4.79 Å². The fourth-order valence-electron chi connectivity index (χ4n) is 6.86. The van der Waals surface area contributed by atoms with Gasteiger partial charge in [-0.1, -0.05) is 114 Å². The second kappa shape index (κ2) is 15.5. The Morgan fingerprint density at radius 2 is 1.42 bits per heavy atom. The largest absolute Gasteiger partial charge is 0.463 e. The molecule has 1 N–H and O–H groups in total. The zero-order valence-corrected chi connectivity index (χ0v) is 31.4. The van der Waals surface area contributed by atoms with Crippen molar-refractivity contribution in [1.82, 2.24) is 9.55 Å². The molecule has 0 amide bonds. The minimum absolute atomic E-state index is 0.0276. The molecule has 1 aromatic heterocycles. The van der Waals surface area contributed by atoms with E-state index >= 15 is 0 Å². The van der Waals surface area contributed by atoms with Crippen molar-refractivity contribution in [3.05, 3.63) is 142 Å². The van der Waals surface area contributed by atoms with Crippen LogP contribution in [0.4, 0.5) is 0 Å². The van der Waals surface area contributed by atoms with Crippen molar-refractivity contribution in [2.75, 3.05) is 13.2 Å². The van der Waals surface area contributed by atoms with E-state index in [0.717, 1.165) is 26.7 Å². The number of carbonyl (C=O) groups is 2. The van der Waals surface area contributed by atoms with Crippen LogP contribution in [0.1, 0.15) is 40.2 Å². The summed E-state index contributed by atoms with van der Waals surface area (Å²) in [4.78, 5) is 55.1. The molecule has 0 aliphatic carbocycles. The number of aromatic nitrogens is 2. The standard InChI is InChI=1S/C41H43N2O9Si/c1-28(44)49-26-40(27-50-39(3,4)5)36(48-25-31-17-14-16-30-15-12-13-22-34(30)31)37(51-29(2)45)41(52-40,43-24-23-35(46)42-38(43)47)53(32-18-8-6-9-19-32)33-20-10-7-11-21-33/h6-24,36-37H,25-27H2,1-5H3,(H,42,46,47)/t36-,37+,40+,41-/m0/s1. The number of hydrogen-bond donors (Lipinski definition) is 1. The van der Waals surface area contributed by atoms with Crippen molar-refractivity contribution < 1.29 is 33.3 Å². The smallest absolute Gasteiger partial charge is 0.330 e. The van der Waals surface area contributed by atoms with Gasteiger partial charge < -0.3 is 23.7 Å². The van der Waals surface area contributed by atoms with E-state index in [9.17, 15) is 19.2 Å². The number of aromatic amines is 1. The monoisotopic (exact) mass is 735 g/mol. The molecule has 1 radical (unpaired) electrons. The SMILES string of the molecule is CC(=O)OC[C@]1(COC(C)(C)C)O[C@](n2ccc(=O)[nH]c2=O)([Si](c2ccccc2)c2ccccc2)[C@H](OC(C)=O)[C@@H]1OCc1cccc2ccccc12. The van der Waals surface area contributed by atoms with Crippen LogP contribution in [-0.2, 0) is 45.2 Å². The van der Waals surface area contributed by atoms with Gasteiger partial charge in [0, 0.05) is 26.1 Å². The van der Waals surface area contributed by atoms with E-state index in [1.165, 1.54) is 30.7 Å². The summed E-state index contributed by atoms with van der Waals surface area (Å²) in [6.07, 6.45) is -1.20. The van der Waals surface area contributed by atoms with Crippen LogP contribution in [0.5, 0.6) is 0 Å². The Hall–Kier alpha value is -5.14. The van der Waals surface area contributed by atoms with Gasteiger partial charge >= 0.3 is 17.6 Å². The number of carbonyl (C=O) groups excluding carboxylic acids is 2. The van der Waals surface area contributed by atoms with E-state index in [2.05, 4.69) is 4.98 Å². The highest BCUT2D eigenvalue weighted by molar-refractivity contribution is 6.86. The first kappa shape index (κ1) is 37.6. The van der Waals surface area contributed by atoms with Gasteiger partial charge in [0.25, 0.3) is 5.56 Å². The average Bonchev–Trinajstić information content (AvgIpc) is 3.38. The highest BCUT2D eigenvalue weighted by Gasteiger charge is 2.71. The van der Waals surface area contributed by atoms with Crippen LogP contribution in [-0.4, -0.2) is 66.9 Å². The van der Waals surface area contributed by atoms with Gasteiger partial charge in [-0.2, -0.15) is 0 Å². The summed E-state index contributed by atoms with van der Waals surface area (Å²) in [7, 11) is -2.46. The fourth-order valence-corrected chi connectivity index (χ4v) is 10.3. The summed E-state index contributed by atoms with van der Waals surface area (Å²) < 4.78 is 34.3. The van der Waals surface area contributed by atoms with Crippen LogP contribution >= 0.6 is 0 Å². The van der Waals surface area contributed by atoms with E-state index in [0.29, 0.717) is 0 Å². The molecule has 6 rings (SSSR count). The van der Waals surface area contributed by atoms with E-state index < -0.39 is 60.7 Å². The van der Waals surface area contributed by atoms with Crippen molar-refractivity contribution >= 4 is 41.9 Å². The lowest BCUT2D eigenvalue weighted by Crippen LogP contribution is -2.69. The third kappa shape index (κ3) is 7.96. The second-order valence-electron chi connectivity index (χ2n) is 14.0. The van der Waals surface area contributed by atoms with E-state index in [1.807, 2.05) is 124 Å². The maximum atomic E-state index is 14.2. The summed E-state index contributed by atoms with van der Waals surface area (Å²) in [5.74, 6) is -1.25. The first-order chi connectivity index (χ1) is 25.3. The summed E-state index contributed by atoms with van der Waals surface area (Å²) in [6, 6.07) is 34.0. The molecule has 0 spiro atoms. The summed E-state index contributed by atoms with van der Waals surface area (Å²) >= 11 is 0. The van der Waals surface area contributed by atoms with E-state index in [4.69, 9.17) is 23.7 Å². The van der Waals surface area contributed by atoms with Crippen LogP contribution in [0.15, 0.2) is 125 Å².